The van der Waals surface area contributed by atoms with Crippen molar-refractivity contribution in [1.82, 2.24) is 9.62 Å². The first kappa shape index (κ1) is 23.2. The van der Waals surface area contributed by atoms with Crippen LogP contribution in [0, 0.1) is 0 Å². The molecule has 0 radical (unpaired) electrons. The number of benzene rings is 2. The van der Waals surface area contributed by atoms with Crippen LogP contribution in [0.15, 0.2) is 53.4 Å². The van der Waals surface area contributed by atoms with Gasteiger partial charge in [0.25, 0.3) is 5.91 Å². The summed E-state index contributed by atoms with van der Waals surface area (Å²) < 4.78 is 32.6. The molecule has 0 spiro atoms. The number of hydrogen-bond donors (Lipinski definition) is 2. The molecule has 166 valence electrons. The second kappa shape index (κ2) is 10.2. The molecular weight excluding hydrogens is 434 g/mol. The van der Waals surface area contributed by atoms with Crippen molar-refractivity contribution >= 4 is 38.9 Å². The molecule has 1 fully saturated rings. The number of anilines is 1. The lowest BCUT2D eigenvalue weighted by atomic mass is 10.2. The molecule has 0 saturated carbocycles. The minimum Gasteiger partial charge on any atom is -0.491 e. The Kier molecular flexibility index (Phi) is 7.64. The maximum Gasteiger partial charge on any atom is 0.257 e. The van der Waals surface area contributed by atoms with Crippen molar-refractivity contribution in [3.63, 3.8) is 0 Å². The Morgan fingerprint density at radius 3 is 2.39 bits per heavy atom. The molecule has 1 saturated heterocycles. The quantitative estimate of drug-likeness (QED) is 0.637. The summed E-state index contributed by atoms with van der Waals surface area (Å²) in [5.41, 5.74) is 1.00. The fourth-order valence-corrected chi connectivity index (χ4v) is 5.01. The zero-order valence-corrected chi connectivity index (χ0v) is 19.3. The molecule has 3 rings (SSSR count). The molecule has 0 aliphatic carbocycles. The summed E-state index contributed by atoms with van der Waals surface area (Å²) in [6.07, 6.45) is 2.84. The second-order valence-electron chi connectivity index (χ2n) is 7.59. The highest BCUT2D eigenvalue weighted by atomic mass is 32.2. The first-order valence-electron chi connectivity index (χ1n) is 10.2. The molecule has 1 aliphatic rings. The van der Waals surface area contributed by atoms with Gasteiger partial charge in [0.05, 0.1) is 11.0 Å². The van der Waals surface area contributed by atoms with Gasteiger partial charge in [0, 0.05) is 24.3 Å². The van der Waals surface area contributed by atoms with Gasteiger partial charge in [-0.25, -0.2) is 8.42 Å². The molecule has 2 N–H and O–H groups in total. The number of ether oxygens (including phenoxy) is 1. The van der Waals surface area contributed by atoms with Gasteiger partial charge in [-0.05, 0) is 81.4 Å². The summed E-state index contributed by atoms with van der Waals surface area (Å²) in [5.74, 6) is 0.239. The summed E-state index contributed by atoms with van der Waals surface area (Å²) >= 11 is 5.22. The third-order valence-electron chi connectivity index (χ3n) is 4.76. The number of thiocarbonyl (C=S) groups is 1. The number of piperidine rings is 1. The Morgan fingerprint density at radius 1 is 1.06 bits per heavy atom. The summed E-state index contributed by atoms with van der Waals surface area (Å²) in [5, 5.41) is 5.65. The van der Waals surface area contributed by atoms with Crippen molar-refractivity contribution in [2.75, 3.05) is 18.4 Å². The first-order valence-corrected chi connectivity index (χ1v) is 12.1. The number of sulfonamides is 1. The van der Waals surface area contributed by atoms with E-state index in [0.29, 0.717) is 30.1 Å². The van der Waals surface area contributed by atoms with E-state index < -0.39 is 10.0 Å². The first-order chi connectivity index (χ1) is 14.8. The van der Waals surface area contributed by atoms with E-state index in [1.165, 1.54) is 4.31 Å². The molecule has 1 aliphatic heterocycles. The molecule has 0 atom stereocenters. The van der Waals surface area contributed by atoms with Crippen LogP contribution in [0.5, 0.6) is 5.75 Å². The van der Waals surface area contributed by atoms with Crippen molar-refractivity contribution in [2.45, 2.75) is 44.1 Å². The number of carbonyl (C=O) groups is 1. The summed E-state index contributed by atoms with van der Waals surface area (Å²) in [7, 11) is -3.48. The van der Waals surface area contributed by atoms with Crippen molar-refractivity contribution < 1.29 is 17.9 Å². The van der Waals surface area contributed by atoms with Gasteiger partial charge in [-0.2, -0.15) is 4.31 Å². The lowest BCUT2D eigenvalue weighted by Gasteiger charge is -2.25. The molecule has 0 aromatic heterocycles. The predicted molar refractivity (Wildman–Crippen MR) is 125 cm³/mol. The molecule has 1 heterocycles. The van der Waals surface area contributed by atoms with E-state index in [1.807, 2.05) is 13.8 Å². The molecular formula is C22H27N3O4S2. The molecule has 2 aromatic rings. The Balaban J connectivity index is 1.60. The van der Waals surface area contributed by atoms with Gasteiger partial charge in [-0.1, -0.05) is 12.5 Å². The molecule has 9 heteroatoms. The van der Waals surface area contributed by atoms with Gasteiger partial charge < -0.3 is 10.1 Å². The third kappa shape index (κ3) is 6.25. The molecule has 31 heavy (non-hydrogen) atoms. The maximum absolute atomic E-state index is 12.7. The van der Waals surface area contributed by atoms with Crippen molar-refractivity contribution in [3.05, 3.63) is 54.1 Å². The van der Waals surface area contributed by atoms with E-state index in [4.69, 9.17) is 17.0 Å². The van der Waals surface area contributed by atoms with Gasteiger partial charge in [0.1, 0.15) is 5.75 Å². The van der Waals surface area contributed by atoms with Gasteiger partial charge in [-0.3, -0.25) is 10.1 Å². The fourth-order valence-electron chi connectivity index (χ4n) is 3.29. The van der Waals surface area contributed by atoms with E-state index in [2.05, 4.69) is 10.6 Å². The molecule has 7 nitrogen and oxygen atoms in total. The Morgan fingerprint density at radius 2 is 1.74 bits per heavy atom. The third-order valence-corrected chi connectivity index (χ3v) is 6.88. The highest BCUT2D eigenvalue weighted by Gasteiger charge is 2.25. The normalized spacial score (nSPS) is 14.8. The lowest BCUT2D eigenvalue weighted by molar-refractivity contribution is 0.0977. The van der Waals surface area contributed by atoms with Crippen LogP contribution in [0.25, 0.3) is 0 Å². The van der Waals surface area contributed by atoms with Crippen LogP contribution in [-0.4, -0.2) is 42.9 Å². The van der Waals surface area contributed by atoms with Crippen molar-refractivity contribution in [1.29, 1.82) is 0 Å². The Bertz CT molecular complexity index is 1030. The molecule has 2 aromatic carbocycles. The van der Waals surface area contributed by atoms with E-state index in [-0.39, 0.29) is 22.0 Å². The maximum atomic E-state index is 12.7. The number of nitrogens with zero attached hydrogens (tertiary/aromatic N) is 1. The minimum absolute atomic E-state index is 0.00255. The van der Waals surface area contributed by atoms with Gasteiger partial charge in [0.2, 0.25) is 10.0 Å². The topological polar surface area (TPSA) is 87.7 Å². The highest BCUT2D eigenvalue weighted by Crippen LogP contribution is 2.22. The summed E-state index contributed by atoms with van der Waals surface area (Å²) in [6, 6.07) is 13.2. The van der Waals surface area contributed by atoms with Crippen LogP contribution in [0.4, 0.5) is 5.69 Å². The smallest absolute Gasteiger partial charge is 0.257 e. The summed E-state index contributed by atoms with van der Waals surface area (Å²) in [6.45, 7) is 4.94. The van der Waals surface area contributed by atoms with Crippen LogP contribution in [0.1, 0.15) is 43.5 Å². The van der Waals surface area contributed by atoms with Gasteiger partial charge in [0.15, 0.2) is 5.11 Å². The SMILES string of the molecule is CC(C)Oc1cccc(C(=O)NC(=S)Nc2ccc(S(=O)(=O)N3CCCCC3)cc2)c1. The number of amides is 1. The van der Waals surface area contributed by atoms with E-state index >= 15 is 0 Å². The van der Waals surface area contributed by atoms with Crippen LogP contribution in [0.3, 0.4) is 0 Å². The minimum atomic E-state index is -3.48. The Labute approximate surface area is 188 Å². The number of rotatable bonds is 6. The Hall–Kier alpha value is -2.49. The van der Waals surface area contributed by atoms with E-state index in [1.54, 1.807) is 48.5 Å². The van der Waals surface area contributed by atoms with Gasteiger partial charge >= 0.3 is 0 Å². The standard InChI is InChI=1S/C22H27N3O4S2/c1-16(2)29-19-8-6-7-17(15-19)21(26)24-22(30)23-18-9-11-20(12-10-18)31(27,28)25-13-4-3-5-14-25/h6-12,15-16H,3-5,13-14H2,1-2H3,(H2,23,24,26,30). The average Bonchev–Trinajstić information content (AvgIpc) is 2.74. The van der Waals surface area contributed by atoms with Crippen LogP contribution >= 0.6 is 12.2 Å². The van der Waals surface area contributed by atoms with Crippen LogP contribution < -0.4 is 15.4 Å². The van der Waals surface area contributed by atoms with Crippen molar-refractivity contribution in [3.8, 4) is 5.75 Å². The number of carbonyl (C=O) groups excluding carboxylic acids is 1. The summed E-state index contributed by atoms with van der Waals surface area (Å²) in [4.78, 5) is 12.7. The fraction of sp³-hybridized carbons (Fsp3) is 0.364. The predicted octanol–water partition coefficient (Wildman–Crippen LogP) is 3.78. The van der Waals surface area contributed by atoms with Crippen LogP contribution in [0.2, 0.25) is 0 Å². The lowest BCUT2D eigenvalue weighted by Crippen LogP contribution is -2.35. The monoisotopic (exact) mass is 461 g/mol. The van der Waals surface area contributed by atoms with Crippen LogP contribution in [-0.2, 0) is 10.0 Å². The number of hydrogen-bond acceptors (Lipinski definition) is 5. The zero-order valence-electron chi connectivity index (χ0n) is 17.6. The second-order valence-corrected chi connectivity index (χ2v) is 9.94. The molecule has 0 unspecified atom stereocenters. The molecule has 1 amide bonds. The van der Waals surface area contributed by atoms with Crippen molar-refractivity contribution in [2.24, 2.45) is 0 Å². The number of nitrogens with one attached hydrogen (secondary N) is 2. The highest BCUT2D eigenvalue weighted by molar-refractivity contribution is 7.89. The largest absolute Gasteiger partial charge is 0.491 e. The van der Waals surface area contributed by atoms with E-state index in [9.17, 15) is 13.2 Å². The van der Waals surface area contributed by atoms with E-state index in [0.717, 1.165) is 19.3 Å². The van der Waals surface area contributed by atoms with Gasteiger partial charge in [-0.15, -0.1) is 0 Å². The zero-order chi connectivity index (χ0) is 22.4. The average molecular weight is 462 g/mol. The molecule has 0 bridgehead atoms.